The van der Waals surface area contributed by atoms with E-state index in [1.54, 1.807) is 6.07 Å². The van der Waals surface area contributed by atoms with Crippen molar-refractivity contribution in [3.8, 4) is 12.3 Å². The minimum Gasteiger partial charge on any atom is -0.255 e. The Morgan fingerprint density at radius 3 is 2.67 bits per heavy atom. The summed E-state index contributed by atoms with van der Waals surface area (Å²) in [6.45, 7) is 0. The molecule has 0 unspecified atom stereocenters. The summed E-state index contributed by atoms with van der Waals surface area (Å²) in [5.41, 5.74) is 0.567. The summed E-state index contributed by atoms with van der Waals surface area (Å²) in [5.74, 6) is 2.41. The summed E-state index contributed by atoms with van der Waals surface area (Å²) in [6, 6.07) is 2.85. The van der Waals surface area contributed by atoms with Gasteiger partial charge in [-0.2, -0.15) is 0 Å². The number of nitrogens with zero attached hydrogens (tertiary/aromatic N) is 1. The Labute approximate surface area is 69.4 Å². The van der Waals surface area contributed by atoms with Crippen molar-refractivity contribution in [3.63, 3.8) is 0 Å². The summed E-state index contributed by atoms with van der Waals surface area (Å²) >= 11 is 0. The smallest absolute Gasteiger partial charge is 0.255 e. The van der Waals surface area contributed by atoms with Crippen LogP contribution in [-0.2, 0) is 6.42 Å². The number of alkyl halides is 2. The quantitative estimate of drug-likeness (QED) is 0.615. The van der Waals surface area contributed by atoms with E-state index in [4.69, 9.17) is 6.42 Å². The highest BCUT2D eigenvalue weighted by atomic mass is 19.3. The standard InChI is InChI=1S/C9H7F2N/c1-2-3-7-4-5-8(9(10)11)12-6-7/h1,4-6,9H,3H2. The van der Waals surface area contributed by atoms with Crippen molar-refractivity contribution in [1.82, 2.24) is 4.98 Å². The number of terminal acetylenes is 1. The normalized spacial score (nSPS) is 9.83. The molecule has 0 aromatic carbocycles. The average Bonchev–Trinajstić information content (AvgIpc) is 2.06. The molecule has 1 heterocycles. The zero-order valence-electron chi connectivity index (χ0n) is 6.30. The van der Waals surface area contributed by atoms with Crippen LogP contribution in [0.2, 0.25) is 0 Å². The van der Waals surface area contributed by atoms with Gasteiger partial charge in [-0.3, -0.25) is 4.98 Å². The number of halogens is 2. The second-order valence-corrected chi connectivity index (χ2v) is 2.27. The van der Waals surface area contributed by atoms with Gasteiger partial charge in [0, 0.05) is 12.6 Å². The Balaban J connectivity index is 2.80. The molecule has 0 spiro atoms. The highest BCUT2D eigenvalue weighted by Gasteiger charge is 2.06. The van der Waals surface area contributed by atoms with E-state index in [0.29, 0.717) is 6.42 Å². The summed E-state index contributed by atoms with van der Waals surface area (Å²) in [5, 5.41) is 0. The molecule has 0 aliphatic heterocycles. The minimum absolute atomic E-state index is 0.212. The van der Waals surface area contributed by atoms with Crippen LogP contribution in [0.4, 0.5) is 8.78 Å². The molecule has 62 valence electrons. The average molecular weight is 167 g/mol. The Bertz CT molecular complexity index is 284. The molecule has 0 aliphatic carbocycles. The van der Waals surface area contributed by atoms with Gasteiger partial charge in [-0.25, -0.2) is 8.78 Å². The van der Waals surface area contributed by atoms with E-state index in [1.165, 1.54) is 12.3 Å². The van der Waals surface area contributed by atoms with Crippen LogP contribution in [0.25, 0.3) is 0 Å². The van der Waals surface area contributed by atoms with E-state index in [1.807, 2.05) is 0 Å². The van der Waals surface area contributed by atoms with Crippen molar-refractivity contribution in [3.05, 3.63) is 29.6 Å². The minimum atomic E-state index is -2.51. The lowest BCUT2D eigenvalue weighted by Crippen LogP contribution is -1.91. The second-order valence-electron chi connectivity index (χ2n) is 2.27. The molecule has 0 fully saturated rings. The van der Waals surface area contributed by atoms with E-state index in [9.17, 15) is 8.78 Å². The molecule has 1 aromatic heterocycles. The SMILES string of the molecule is C#CCc1ccc(C(F)F)nc1. The first-order valence-electron chi connectivity index (χ1n) is 3.40. The third-order valence-electron chi connectivity index (χ3n) is 1.38. The molecular weight excluding hydrogens is 160 g/mol. The van der Waals surface area contributed by atoms with Crippen LogP contribution in [0, 0.1) is 12.3 Å². The second kappa shape index (κ2) is 3.82. The van der Waals surface area contributed by atoms with Gasteiger partial charge in [-0.15, -0.1) is 12.3 Å². The van der Waals surface area contributed by atoms with Crippen molar-refractivity contribution in [2.24, 2.45) is 0 Å². The van der Waals surface area contributed by atoms with Gasteiger partial charge in [0.15, 0.2) is 0 Å². The van der Waals surface area contributed by atoms with Gasteiger partial charge in [0.2, 0.25) is 0 Å². The van der Waals surface area contributed by atoms with Crippen LogP contribution in [-0.4, -0.2) is 4.98 Å². The maximum atomic E-state index is 12.0. The van der Waals surface area contributed by atoms with Crippen molar-refractivity contribution in [1.29, 1.82) is 0 Å². The van der Waals surface area contributed by atoms with Crippen LogP contribution in [0.15, 0.2) is 18.3 Å². The van der Waals surface area contributed by atoms with E-state index < -0.39 is 6.43 Å². The zero-order chi connectivity index (χ0) is 8.97. The number of rotatable bonds is 2. The van der Waals surface area contributed by atoms with Crippen LogP contribution in [0.1, 0.15) is 17.7 Å². The summed E-state index contributed by atoms with van der Waals surface area (Å²) in [6.07, 6.45) is 4.33. The molecule has 0 bridgehead atoms. The van der Waals surface area contributed by atoms with Gasteiger partial charge >= 0.3 is 0 Å². The molecule has 12 heavy (non-hydrogen) atoms. The van der Waals surface area contributed by atoms with Crippen LogP contribution >= 0.6 is 0 Å². The Kier molecular flexibility index (Phi) is 2.76. The van der Waals surface area contributed by atoms with E-state index in [-0.39, 0.29) is 5.69 Å². The summed E-state index contributed by atoms with van der Waals surface area (Å²) in [7, 11) is 0. The molecule has 0 radical (unpaired) electrons. The molecule has 0 amide bonds. The Morgan fingerprint density at radius 2 is 2.25 bits per heavy atom. The number of hydrogen-bond donors (Lipinski definition) is 0. The fourth-order valence-corrected chi connectivity index (χ4v) is 0.787. The Morgan fingerprint density at radius 1 is 1.50 bits per heavy atom. The molecule has 1 nitrogen and oxygen atoms in total. The highest BCUT2D eigenvalue weighted by molar-refractivity contribution is 5.18. The van der Waals surface area contributed by atoms with Gasteiger partial charge in [-0.1, -0.05) is 6.07 Å². The van der Waals surface area contributed by atoms with E-state index in [0.717, 1.165) is 5.56 Å². The van der Waals surface area contributed by atoms with Gasteiger partial charge < -0.3 is 0 Å². The molecule has 3 heteroatoms. The molecule has 0 N–H and O–H groups in total. The van der Waals surface area contributed by atoms with Crippen molar-refractivity contribution < 1.29 is 8.78 Å². The predicted octanol–water partition coefficient (Wildman–Crippen LogP) is 2.19. The Hall–Kier alpha value is -1.43. The lowest BCUT2D eigenvalue weighted by Gasteiger charge is -1.98. The first-order valence-corrected chi connectivity index (χ1v) is 3.40. The van der Waals surface area contributed by atoms with Crippen molar-refractivity contribution in [2.45, 2.75) is 12.8 Å². The molecule has 0 aliphatic rings. The topological polar surface area (TPSA) is 12.9 Å². The maximum Gasteiger partial charge on any atom is 0.280 e. The van der Waals surface area contributed by atoms with E-state index >= 15 is 0 Å². The highest BCUT2D eigenvalue weighted by Crippen LogP contribution is 2.15. The van der Waals surface area contributed by atoms with Gasteiger partial charge in [0.1, 0.15) is 5.69 Å². The molecule has 1 aromatic rings. The van der Waals surface area contributed by atoms with Gasteiger partial charge in [-0.05, 0) is 11.6 Å². The van der Waals surface area contributed by atoms with Gasteiger partial charge in [0.25, 0.3) is 6.43 Å². The van der Waals surface area contributed by atoms with Crippen LogP contribution in [0.3, 0.4) is 0 Å². The van der Waals surface area contributed by atoms with Crippen LogP contribution in [0.5, 0.6) is 0 Å². The summed E-state index contributed by atoms with van der Waals surface area (Å²) in [4.78, 5) is 3.55. The van der Waals surface area contributed by atoms with Crippen LogP contribution < -0.4 is 0 Å². The lowest BCUT2D eigenvalue weighted by atomic mass is 10.2. The maximum absolute atomic E-state index is 12.0. The molecule has 0 saturated carbocycles. The monoisotopic (exact) mass is 167 g/mol. The lowest BCUT2D eigenvalue weighted by molar-refractivity contribution is 0.146. The van der Waals surface area contributed by atoms with Crippen molar-refractivity contribution in [2.75, 3.05) is 0 Å². The fraction of sp³-hybridized carbons (Fsp3) is 0.222. The zero-order valence-corrected chi connectivity index (χ0v) is 6.30. The number of hydrogen-bond acceptors (Lipinski definition) is 1. The number of aromatic nitrogens is 1. The number of pyridine rings is 1. The molecular formula is C9H7F2N. The van der Waals surface area contributed by atoms with Crippen molar-refractivity contribution >= 4 is 0 Å². The first-order chi connectivity index (χ1) is 5.74. The van der Waals surface area contributed by atoms with E-state index in [2.05, 4.69) is 10.9 Å². The molecule has 0 atom stereocenters. The molecule has 0 saturated heterocycles. The third kappa shape index (κ3) is 2.03. The largest absolute Gasteiger partial charge is 0.280 e. The predicted molar refractivity (Wildman–Crippen MR) is 41.7 cm³/mol. The summed E-state index contributed by atoms with van der Waals surface area (Å²) < 4.78 is 24.0. The molecule has 1 rings (SSSR count). The first kappa shape index (κ1) is 8.66. The fourth-order valence-electron chi connectivity index (χ4n) is 0.787. The third-order valence-corrected chi connectivity index (χ3v) is 1.38. The van der Waals surface area contributed by atoms with Gasteiger partial charge in [0.05, 0.1) is 0 Å².